The minimum absolute atomic E-state index is 0.0768. The van der Waals surface area contributed by atoms with Gasteiger partial charge in [0.1, 0.15) is 0 Å². The van der Waals surface area contributed by atoms with Gasteiger partial charge in [0.25, 0.3) is 0 Å². The highest BCUT2D eigenvalue weighted by Crippen LogP contribution is 2.23. The number of hydrogen-bond donors (Lipinski definition) is 1. The van der Waals surface area contributed by atoms with Gasteiger partial charge in [-0.3, -0.25) is 4.79 Å². The second kappa shape index (κ2) is 5.67. The third-order valence-corrected chi connectivity index (χ3v) is 3.93. The molecule has 3 rings (SSSR count). The van der Waals surface area contributed by atoms with E-state index in [0.717, 1.165) is 48.9 Å². The molecule has 0 saturated carbocycles. The molecule has 2 aromatic rings. The highest BCUT2D eigenvalue weighted by molar-refractivity contribution is 5.87. The first-order valence-corrected chi connectivity index (χ1v) is 7.14. The van der Waals surface area contributed by atoms with Crippen LogP contribution in [0.15, 0.2) is 30.5 Å². The fraction of sp³-hybridized carbons (Fsp3) is 0.438. The zero-order chi connectivity index (χ0) is 13.9. The fourth-order valence-electron chi connectivity index (χ4n) is 2.97. The van der Waals surface area contributed by atoms with Gasteiger partial charge in [-0.25, -0.2) is 0 Å². The van der Waals surface area contributed by atoms with Crippen molar-refractivity contribution < 1.29 is 14.6 Å². The van der Waals surface area contributed by atoms with Crippen molar-refractivity contribution in [2.75, 3.05) is 6.61 Å². The highest BCUT2D eigenvalue weighted by atomic mass is 16.5. The average Bonchev–Trinajstić information content (AvgIpc) is 3.05. The zero-order valence-electron chi connectivity index (χ0n) is 11.4. The van der Waals surface area contributed by atoms with Crippen molar-refractivity contribution in [1.29, 1.82) is 0 Å². The van der Waals surface area contributed by atoms with Crippen molar-refractivity contribution in [1.82, 2.24) is 4.57 Å². The number of carboxylic acid groups (broad SMARTS) is 1. The van der Waals surface area contributed by atoms with Gasteiger partial charge in [0, 0.05) is 30.3 Å². The van der Waals surface area contributed by atoms with Gasteiger partial charge in [0.2, 0.25) is 0 Å². The molecule has 1 fully saturated rings. The van der Waals surface area contributed by atoms with Gasteiger partial charge in [0.15, 0.2) is 0 Å². The normalized spacial score (nSPS) is 18.7. The van der Waals surface area contributed by atoms with Crippen LogP contribution in [0.2, 0.25) is 0 Å². The van der Waals surface area contributed by atoms with Crippen molar-refractivity contribution in [3.8, 4) is 0 Å². The zero-order valence-corrected chi connectivity index (χ0v) is 11.4. The van der Waals surface area contributed by atoms with Crippen LogP contribution in [0, 0.1) is 0 Å². The second-order valence-corrected chi connectivity index (χ2v) is 5.36. The van der Waals surface area contributed by atoms with Crippen molar-refractivity contribution in [3.63, 3.8) is 0 Å². The van der Waals surface area contributed by atoms with E-state index in [4.69, 9.17) is 9.84 Å². The van der Waals surface area contributed by atoms with Gasteiger partial charge in [-0.2, -0.15) is 0 Å². The predicted octanol–water partition coefficient (Wildman–Crippen LogP) is 2.84. The van der Waals surface area contributed by atoms with E-state index < -0.39 is 5.97 Å². The summed E-state index contributed by atoms with van der Waals surface area (Å²) in [5.41, 5.74) is 2.00. The van der Waals surface area contributed by atoms with E-state index in [9.17, 15) is 4.79 Å². The first kappa shape index (κ1) is 13.2. The van der Waals surface area contributed by atoms with E-state index in [1.54, 1.807) is 0 Å². The van der Waals surface area contributed by atoms with Crippen LogP contribution in [0.3, 0.4) is 0 Å². The number of para-hydroxylation sites is 1. The summed E-state index contributed by atoms with van der Waals surface area (Å²) >= 11 is 0. The molecule has 20 heavy (non-hydrogen) atoms. The summed E-state index contributed by atoms with van der Waals surface area (Å²) in [6.45, 7) is 1.76. The maximum absolute atomic E-state index is 11.0. The molecule has 2 heterocycles. The Hall–Kier alpha value is -1.81. The molecule has 1 N–H and O–H groups in total. The first-order chi connectivity index (χ1) is 9.74. The quantitative estimate of drug-likeness (QED) is 0.911. The van der Waals surface area contributed by atoms with E-state index in [2.05, 4.69) is 10.6 Å². The largest absolute Gasteiger partial charge is 0.481 e. The summed E-state index contributed by atoms with van der Waals surface area (Å²) in [6, 6.07) is 8.00. The number of rotatable bonds is 5. The van der Waals surface area contributed by atoms with Crippen molar-refractivity contribution in [2.45, 2.75) is 38.3 Å². The minimum Gasteiger partial charge on any atom is -0.481 e. The number of nitrogens with zero attached hydrogens (tertiary/aromatic N) is 1. The molecule has 0 spiro atoms. The molecule has 1 aromatic heterocycles. The lowest BCUT2D eigenvalue weighted by Crippen LogP contribution is -2.09. The van der Waals surface area contributed by atoms with Gasteiger partial charge < -0.3 is 14.4 Å². The van der Waals surface area contributed by atoms with Crippen LogP contribution in [-0.4, -0.2) is 28.4 Å². The van der Waals surface area contributed by atoms with Gasteiger partial charge in [-0.15, -0.1) is 0 Å². The SMILES string of the molecule is O=C(O)Cc1cn(CCC2CCCO2)c2ccccc12. The van der Waals surface area contributed by atoms with Gasteiger partial charge in [-0.05, 0) is 30.9 Å². The number of carboxylic acids is 1. The summed E-state index contributed by atoms with van der Waals surface area (Å²) in [7, 11) is 0. The molecule has 4 nitrogen and oxygen atoms in total. The van der Waals surface area contributed by atoms with Crippen LogP contribution in [0.5, 0.6) is 0 Å². The van der Waals surface area contributed by atoms with E-state index in [0.29, 0.717) is 6.10 Å². The molecule has 1 aliphatic heterocycles. The summed E-state index contributed by atoms with van der Waals surface area (Å²) < 4.78 is 7.81. The molecule has 1 atom stereocenters. The lowest BCUT2D eigenvalue weighted by Gasteiger charge is -2.10. The van der Waals surface area contributed by atoms with Crippen LogP contribution in [0.4, 0.5) is 0 Å². The van der Waals surface area contributed by atoms with Crippen molar-refractivity contribution in [3.05, 3.63) is 36.0 Å². The Labute approximate surface area is 118 Å². The maximum Gasteiger partial charge on any atom is 0.307 e. The average molecular weight is 273 g/mol. The molecule has 1 aliphatic rings. The fourth-order valence-corrected chi connectivity index (χ4v) is 2.97. The summed E-state index contributed by atoms with van der Waals surface area (Å²) in [6.07, 6.45) is 5.70. The molecule has 1 unspecified atom stereocenters. The summed E-state index contributed by atoms with van der Waals surface area (Å²) in [4.78, 5) is 11.0. The maximum atomic E-state index is 11.0. The Morgan fingerprint density at radius 2 is 2.25 bits per heavy atom. The number of carbonyl (C=O) groups is 1. The van der Waals surface area contributed by atoms with Crippen LogP contribution in [0.1, 0.15) is 24.8 Å². The molecule has 0 amide bonds. The first-order valence-electron chi connectivity index (χ1n) is 7.14. The molecule has 0 radical (unpaired) electrons. The smallest absolute Gasteiger partial charge is 0.307 e. The Morgan fingerprint density at radius 3 is 3.00 bits per heavy atom. The van der Waals surface area contributed by atoms with Crippen LogP contribution >= 0.6 is 0 Å². The molecule has 4 heteroatoms. The standard InChI is InChI=1S/C16H19NO3/c18-16(19)10-12-11-17(8-7-13-4-3-9-20-13)15-6-2-1-5-14(12)15/h1-2,5-6,11,13H,3-4,7-10H2,(H,18,19). The van der Waals surface area contributed by atoms with Crippen molar-refractivity contribution >= 4 is 16.9 Å². The Kier molecular flexibility index (Phi) is 3.74. The molecule has 1 aromatic carbocycles. The lowest BCUT2D eigenvalue weighted by molar-refractivity contribution is -0.136. The molecule has 1 saturated heterocycles. The number of aryl methyl sites for hydroxylation is 1. The monoisotopic (exact) mass is 273 g/mol. The van der Waals surface area contributed by atoms with E-state index >= 15 is 0 Å². The molecular formula is C16H19NO3. The Morgan fingerprint density at radius 1 is 1.40 bits per heavy atom. The van der Waals surface area contributed by atoms with Crippen molar-refractivity contribution in [2.24, 2.45) is 0 Å². The second-order valence-electron chi connectivity index (χ2n) is 5.36. The van der Waals surface area contributed by atoms with Crippen LogP contribution in [-0.2, 0) is 22.5 Å². The third-order valence-electron chi connectivity index (χ3n) is 3.93. The number of aliphatic carboxylic acids is 1. The number of hydrogen-bond acceptors (Lipinski definition) is 2. The van der Waals surface area contributed by atoms with Crippen LogP contribution in [0.25, 0.3) is 10.9 Å². The molecule has 0 bridgehead atoms. The van der Waals surface area contributed by atoms with Gasteiger partial charge in [-0.1, -0.05) is 18.2 Å². The predicted molar refractivity (Wildman–Crippen MR) is 76.9 cm³/mol. The summed E-state index contributed by atoms with van der Waals surface area (Å²) in [5, 5.41) is 10.1. The number of benzene rings is 1. The molecule has 106 valence electrons. The third kappa shape index (κ3) is 2.70. The highest BCUT2D eigenvalue weighted by Gasteiger charge is 2.16. The minimum atomic E-state index is -0.785. The van der Waals surface area contributed by atoms with E-state index in [1.807, 2.05) is 24.4 Å². The van der Waals surface area contributed by atoms with Gasteiger partial charge in [0.05, 0.1) is 12.5 Å². The number of fused-ring (bicyclic) bond motifs is 1. The van der Waals surface area contributed by atoms with Crippen LogP contribution < -0.4 is 0 Å². The summed E-state index contributed by atoms with van der Waals surface area (Å²) in [5.74, 6) is -0.785. The Balaban J connectivity index is 1.83. The number of aromatic nitrogens is 1. The molecular weight excluding hydrogens is 254 g/mol. The van der Waals surface area contributed by atoms with E-state index in [-0.39, 0.29) is 6.42 Å². The van der Waals surface area contributed by atoms with Gasteiger partial charge >= 0.3 is 5.97 Å². The topological polar surface area (TPSA) is 51.5 Å². The number of ether oxygens (including phenoxy) is 1. The lowest BCUT2D eigenvalue weighted by atomic mass is 10.1. The molecule has 0 aliphatic carbocycles. The Bertz CT molecular complexity index is 611. The van der Waals surface area contributed by atoms with E-state index in [1.165, 1.54) is 0 Å².